The zero-order valence-electron chi connectivity index (χ0n) is 13.4. The minimum absolute atomic E-state index is 0.180. The predicted molar refractivity (Wildman–Crippen MR) is 83.4 cm³/mol. The second kappa shape index (κ2) is 7.66. The van der Waals surface area contributed by atoms with E-state index >= 15 is 0 Å². The van der Waals surface area contributed by atoms with Crippen LogP contribution in [0, 0.1) is 5.82 Å². The van der Waals surface area contributed by atoms with Crippen LogP contribution in [0.5, 0.6) is 0 Å². The molecule has 0 saturated heterocycles. The Hall–Kier alpha value is -1.79. The number of hydrogen-bond donors (Lipinski definition) is 0. The zero-order valence-corrected chi connectivity index (χ0v) is 13.4. The molecule has 1 fully saturated rings. The van der Waals surface area contributed by atoms with Gasteiger partial charge in [-0.1, -0.05) is 17.3 Å². The third-order valence-corrected chi connectivity index (χ3v) is 4.02. The van der Waals surface area contributed by atoms with Crippen molar-refractivity contribution in [1.29, 1.82) is 0 Å². The minimum atomic E-state index is -0.180. The van der Waals surface area contributed by atoms with Crippen LogP contribution in [0.4, 0.5) is 4.39 Å². The van der Waals surface area contributed by atoms with E-state index < -0.39 is 0 Å². The molecule has 1 aromatic carbocycles. The highest BCUT2D eigenvalue weighted by Gasteiger charge is 2.29. The maximum atomic E-state index is 13.3. The average molecular weight is 319 g/mol. The lowest BCUT2D eigenvalue weighted by molar-refractivity contribution is 0.199. The fraction of sp³-hybridized carbons (Fsp3) is 0.529. The van der Waals surface area contributed by atoms with Crippen molar-refractivity contribution in [1.82, 2.24) is 15.0 Å². The van der Waals surface area contributed by atoms with Crippen LogP contribution < -0.4 is 0 Å². The van der Waals surface area contributed by atoms with E-state index in [1.54, 1.807) is 19.2 Å². The van der Waals surface area contributed by atoms with Crippen LogP contribution in [0.2, 0.25) is 0 Å². The summed E-state index contributed by atoms with van der Waals surface area (Å²) in [5, 5.41) is 3.97. The molecule has 0 bridgehead atoms. The largest absolute Gasteiger partial charge is 0.384 e. The van der Waals surface area contributed by atoms with Gasteiger partial charge in [-0.15, -0.1) is 0 Å². The van der Waals surface area contributed by atoms with Crippen molar-refractivity contribution in [3.8, 4) is 0 Å². The molecule has 23 heavy (non-hydrogen) atoms. The van der Waals surface area contributed by atoms with Crippen molar-refractivity contribution in [3.63, 3.8) is 0 Å². The van der Waals surface area contributed by atoms with Crippen molar-refractivity contribution in [2.24, 2.45) is 0 Å². The number of aromatic nitrogens is 2. The second-order valence-electron chi connectivity index (χ2n) is 5.93. The van der Waals surface area contributed by atoms with Gasteiger partial charge in [0, 0.05) is 26.1 Å². The Balaban J connectivity index is 1.55. The Kier molecular flexibility index (Phi) is 5.35. The van der Waals surface area contributed by atoms with E-state index in [0.717, 1.165) is 18.5 Å². The smallest absolute Gasteiger partial charge is 0.240 e. The molecule has 1 aromatic heterocycles. The van der Waals surface area contributed by atoms with Crippen LogP contribution in [-0.4, -0.2) is 41.3 Å². The monoisotopic (exact) mass is 319 g/mol. The van der Waals surface area contributed by atoms with Gasteiger partial charge in [0.1, 0.15) is 5.82 Å². The summed E-state index contributed by atoms with van der Waals surface area (Å²) in [5.41, 5.74) is 1.02. The third kappa shape index (κ3) is 4.84. The molecule has 0 N–H and O–H groups in total. The number of rotatable bonds is 9. The molecule has 1 aliphatic rings. The Labute approximate surface area is 135 Å². The SMILES string of the molecule is COCCc1noc(CN(CCc2cccc(F)c2)C2CC2)n1. The summed E-state index contributed by atoms with van der Waals surface area (Å²) in [7, 11) is 1.65. The molecule has 0 aliphatic heterocycles. The molecule has 124 valence electrons. The van der Waals surface area contributed by atoms with Crippen molar-refractivity contribution < 1.29 is 13.7 Å². The Morgan fingerprint density at radius 1 is 1.35 bits per heavy atom. The Bertz CT molecular complexity index is 628. The van der Waals surface area contributed by atoms with Crippen LogP contribution >= 0.6 is 0 Å². The Morgan fingerprint density at radius 2 is 2.22 bits per heavy atom. The van der Waals surface area contributed by atoms with Crippen LogP contribution in [0.25, 0.3) is 0 Å². The number of methoxy groups -OCH3 is 1. The highest BCUT2D eigenvalue weighted by atomic mass is 19.1. The molecule has 0 amide bonds. The van der Waals surface area contributed by atoms with Gasteiger partial charge in [-0.05, 0) is 37.0 Å². The van der Waals surface area contributed by atoms with E-state index in [1.807, 2.05) is 6.07 Å². The highest BCUT2D eigenvalue weighted by molar-refractivity contribution is 5.16. The van der Waals surface area contributed by atoms with Crippen LogP contribution in [0.1, 0.15) is 30.1 Å². The maximum Gasteiger partial charge on any atom is 0.240 e. The first-order chi connectivity index (χ1) is 11.2. The molecule has 3 rings (SSSR count). The normalized spacial score (nSPS) is 14.6. The van der Waals surface area contributed by atoms with Gasteiger partial charge in [0.15, 0.2) is 5.82 Å². The average Bonchev–Trinajstić information content (AvgIpc) is 3.30. The quantitative estimate of drug-likeness (QED) is 0.711. The Morgan fingerprint density at radius 3 is 2.96 bits per heavy atom. The molecular formula is C17H22FN3O2. The van der Waals surface area contributed by atoms with Crippen molar-refractivity contribution in [3.05, 3.63) is 47.4 Å². The summed E-state index contributed by atoms with van der Waals surface area (Å²) >= 11 is 0. The molecule has 0 spiro atoms. The van der Waals surface area contributed by atoms with E-state index in [2.05, 4.69) is 15.0 Å². The molecule has 0 unspecified atom stereocenters. The molecular weight excluding hydrogens is 297 g/mol. The maximum absolute atomic E-state index is 13.3. The zero-order chi connectivity index (χ0) is 16.1. The molecule has 1 saturated carbocycles. The summed E-state index contributed by atoms with van der Waals surface area (Å²) in [6.45, 7) is 2.11. The number of ether oxygens (including phenoxy) is 1. The number of nitrogens with zero attached hydrogens (tertiary/aromatic N) is 3. The molecule has 2 aromatic rings. The lowest BCUT2D eigenvalue weighted by Crippen LogP contribution is -2.28. The standard InChI is InChI=1S/C17H22FN3O2/c1-22-10-8-16-19-17(23-20-16)12-21(15-5-6-15)9-7-13-3-2-4-14(18)11-13/h2-4,11,15H,5-10,12H2,1H3. The van der Waals surface area contributed by atoms with Gasteiger partial charge in [-0.25, -0.2) is 4.39 Å². The topological polar surface area (TPSA) is 51.4 Å². The lowest BCUT2D eigenvalue weighted by Gasteiger charge is -2.19. The van der Waals surface area contributed by atoms with Gasteiger partial charge >= 0.3 is 0 Å². The molecule has 5 nitrogen and oxygen atoms in total. The van der Waals surface area contributed by atoms with Crippen molar-refractivity contribution in [2.75, 3.05) is 20.3 Å². The van der Waals surface area contributed by atoms with E-state index in [4.69, 9.17) is 9.26 Å². The first-order valence-corrected chi connectivity index (χ1v) is 8.03. The van der Waals surface area contributed by atoms with Gasteiger partial charge < -0.3 is 9.26 Å². The second-order valence-corrected chi connectivity index (χ2v) is 5.93. The third-order valence-electron chi connectivity index (χ3n) is 4.02. The lowest BCUT2D eigenvalue weighted by atomic mass is 10.1. The van der Waals surface area contributed by atoms with Gasteiger partial charge in [0.05, 0.1) is 13.2 Å². The van der Waals surface area contributed by atoms with Crippen LogP contribution in [-0.2, 0) is 24.1 Å². The summed E-state index contributed by atoms with van der Waals surface area (Å²) in [4.78, 5) is 6.75. The van der Waals surface area contributed by atoms with Crippen molar-refractivity contribution >= 4 is 0 Å². The molecule has 6 heteroatoms. The van der Waals surface area contributed by atoms with Crippen LogP contribution in [0.3, 0.4) is 0 Å². The van der Waals surface area contributed by atoms with Gasteiger partial charge in [0.2, 0.25) is 5.89 Å². The summed E-state index contributed by atoms with van der Waals surface area (Å²) in [6, 6.07) is 7.37. The van der Waals surface area contributed by atoms with E-state index in [0.29, 0.717) is 37.3 Å². The number of hydrogen-bond acceptors (Lipinski definition) is 5. The molecule has 0 radical (unpaired) electrons. The van der Waals surface area contributed by atoms with Gasteiger partial charge in [-0.3, -0.25) is 4.90 Å². The van der Waals surface area contributed by atoms with Crippen molar-refractivity contribution in [2.45, 2.75) is 38.3 Å². The van der Waals surface area contributed by atoms with Crippen LogP contribution in [0.15, 0.2) is 28.8 Å². The molecule has 1 aliphatic carbocycles. The predicted octanol–water partition coefficient (Wildman–Crippen LogP) is 2.60. The van der Waals surface area contributed by atoms with Gasteiger partial charge in [-0.2, -0.15) is 4.98 Å². The fourth-order valence-corrected chi connectivity index (χ4v) is 2.62. The molecule has 1 heterocycles. The first-order valence-electron chi connectivity index (χ1n) is 8.03. The first kappa shape index (κ1) is 16.1. The number of benzene rings is 1. The van der Waals surface area contributed by atoms with E-state index in [9.17, 15) is 4.39 Å². The summed E-state index contributed by atoms with van der Waals surface area (Å²) < 4.78 is 23.6. The van der Waals surface area contributed by atoms with E-state index in [-0.39, 0.29) is 5.82 Å². The van der Waals surface area contributed by atoms with Gasteiger partial charge in [0.25, 0.3) is 0 Å². The minimum Gasteiger partial charge on any atom is -0.384 e. The summed E-state index contributed by atoms with van der Waals surface area (Å²) in [5.74, 6) is 1.14. The fourth-order valence-electron chi connectivity index (χ4n) is 2.62. The highest BCUT2D eigenvalue weighted by Crippen LogP contribution is 2.28. The molecule has 0 atom stereocenters. The summed E-state index contributed by atoms with van der Waals surface area (Å²) in [6.07, 6.45) is 3.88. The number of halogens is 1. The van der Waals surface area contributed by atoms with E-state index in [1.165, 1.54) is 18.9 Å².